The molecule has 2 aromatic rings. The molecule has 0 aliphatic carbocycles. The van der Waals surface area contributed by atoms with E-state index in [0.717, 1.165) is 0 Å². The van der Waals surface area contributed by atoms with Gasteiger partial charge >= 0.3 is 0 Å². The van der Waals surface area contributed by atoms with Crippen LogP contribution in [0.1, 0.15) is 66.6 Å². The van der Waals surface area contributed by atoms with Crippen LogP contribution in [-0.4, -0.2) is 12.6 Å². The summed E-state index contributed by atoms with van der Waals surface area (Å²) in [5.74, 6) is 0. The number of aryl methyl sites for hydroxylation is 3. The van der Waals surface area contributed by atoms with Crippen LogP contribution >= 0.6 is 0 Å². The van der Waals surface area contributed by atoms with Crippen LogP contribution in [0.3, 0.4) is 0 Å². The Kier molecular flexibility index (Phi) is 3.45. The van der Waals surface area contributed by atoms with Gasteiger partial charge in [0.25, 0.3) is 0 Å². The van der Waals surface area contributed by atoms with Crippen molar-refractivity contribution in [3.63, 3.8) is 0 Å². The number of rotatable bonds is 0. The van der Waals surface area contributed by atoms with Gasteiger partial charge < -0.3 is 4.90 Å². The highest BCUT2D eigenvalue weighted by atomic mass is 15.2. The van der Waals surface area contributed by atoms with Crippen molar-refractivity contribution in [3.8, 4) is 0 Å². The summed E-state index contributed by atoms with van der Waals surface area (Å²) < 4.78 is 0. The number of fused-ring (bicyclic) bond motifs is 3. The zero-order valence-electron chi connectivity index (χ0n) is 17.4. The largest absolute Gasteiger partial charge is 0.368 e. The van der Waals surface area contributed by atoms with Crippen LogP contribution in [0.2, 0.25) is 0 Å². The lowest BCUT2D eigenvalue weighted by molar-refractivity contribution is 0.323. The predicted molar refractivity (Wildman–Crippen MR) is 108 cm³/mol. The third-order valence-electron chi connectivity index (χ3n) is 7.80. The van der Waals surface area contributed by atoms with Gasteiger partial charge in [0.15, 0.2) is 0 Å². The van der Waals surface area contributed by atoms with E-state index in [1.807, 2.05) is 0 Å². The molecule has 0 radical (unpaired) electrons. The maximum absolute atomic E-state index is 2.52. The molecule has 0 bridgehead atoms. The molecule has 130 valence electrons. The van der Waals surface area contributed by atoms with Crippen molar-refractivity contribution < 1.29 is 0 Å². The number of nitrogens with zero attached hydrogens (tertiary/aromatic N) is 1. The van der Waals surface area contributed by atoms with Crippen molar-refractivity contribution in [2.45, 2.75) is 80.2 Å². The standard InChI is InChI=1S/C23H33N/c1-12-13(2)15(4)19-18(14(12)3)16(5)17(6)21-20(19)22(7,8)23(9,10)24(21)11/h1-11H3. The molecular weight excluding hydrogens is 290 g/mol. The van der Waals surface area contributed by atoms with Crippen LogP contribution in [-0.2, 0) is 5.41 Å². The van der Waals surface area contributed by atoms with E-state index < -0.39 is 0 Å². The van der Waals surface area contributed by atoms with Crippen LogP contribution in [0.5, 0.6) is 0 Å². The molecule has 1 nitrogen and oxygen atoms in total. The lowest BCUT2D eigenvalue weighted by Gasteiger charge is -2.41. The number of hydrogen-bond acceptors (Lipinski definition) is 1. The summed E-state index contributed by atoms with van der Waals surface area (Å²) in [4.78, 5) is 2.52. The second-order valence-electron chi connectivity index (χ2n) is 8.97. The average Bonchev–Trinajstić information content (AvgIpc) is 2.64. The molecule has 0 amide bonds. The van der Waals surface area contributed by atoms with Crippen molar-refractivity contribution in [1.82, 2.24) is 0 Å². The monoisotopic (exact) mass is 323 g/mol. The Morgan fingerprint density at radius 2 is 1.00 bits per heavy atom. The minimum atomic E-state index is 0.0972. The van der Waals surface area contributed by atoms with E-state index in [1.165, 1.54) is 49.8 Å². The van der Waals surface area contributed by atoms with Gasteiger partial charge in [-0.2, -0.15) is 0 Å². The Morgan fingerprint density at radius 1 is 0.583 bits per heavy atom. The van der Waals surface area contributed by atoms with Gasteiger partial charge in [0.2, 0.25) is 0 Å². The molecule has 3 rings (SSSR count). The maximum Gasteiger partial charge on any atom is 0.0446 e. The van der Waals surface area contributed by atoms with Gasteiger partial charge in [0, 0.05) is 23.7 Å². The molecule has 0 saturated carbocycles. The molecule has 0 aromatic heterocycles. The molecule has 1 heteroatoms. The zero-order valence-corrected chi connectivity index (χ0v) is 17.4. The molecule has 1 heterocycles. The molecule has 2 aromatic carbocycles. The Morgan fingerprint density at radius 3 is 1.50 bits per heavy atom. The molecule has 0 unspecified atom stereocenters. The molecule has 0 spiro atoms. The zero-order chi connectivity index (χ0) is 18.4. The maximum atomic E-state index is 2.52. The van der Waals surface area contributed by atoms with Crippen LogP contribution in [0, 0.1) is 41.5 Å². The number of likely N-dealkylation sites (N-methyl/N-ethyl adjacent to an activating group) is 1. The Hall–Kier alpha value is -1.50. The van der Waals surface area contributed by atoms with E-state index in [4.69, 9.17) is 0 Å². The molecule has 0 fully saturated rings. The van der Waals surface area contributed by atoms with Crippen LogP contribution in [0.15, 0.2) is 0 Å². The summed E-state index contributed by atoms with van der Waals surface area (Å²) in [7, 11) is 2.27. The quantitative estimate of drug-likeness (QED) is 0.558. The lowest BCUT2D eigenvalue weighted by atomic mass is 9.69. The van der Waals surface area contributed by atoms with Crippen LogP contribution in [0.4, 0.5) is 5.69 Å². The van der Waals surface area contributed by atoms with Crippen molar-refractivity contribution in [2.75, 3.05) is 11.9 Å². The first-order chi connectivity index (χ1) is 10.9. The van der Waals surface area contributed by atoms with Crippen LogP contribution in [0.25, 0.3) is 10.8 Å². The van der Waals surface area contributed by atoms with E-state index in [0.29, 0.717) is 0 Å². The van der Waals surface area contributed by atoms with Gasteiger partial charge in [0.05, 0.1) is 0 Å². The Balaban J connectivity index is 2.70. The summed E-state index contributed by atoms with van der Waals surface area (Å²) in [6, 6.07) is 0. The van der Waals surface area contributed by atoms with Gasteiger partial charge in [-0.15, -0.1) is 0 Å². The normalized spacial score (nSPS) is 18.4. The van der Waals surface area contributed by atoms with E-state index in [9.17, 15) is 0 Å². The highest BCUT2D eigenvalue weighted by Gasteiger charge is 2.51. The van der Waals surface area contributed by atoms with Crippen molar-refractivity contribution in [3.05, 3.63) is 38.9 Å². The van der Waals surface area contributed by atoms with Gasteiger partial charge in [0.1, 0.15) is 0 Å². The topological polar surface area (TPSA) is 3.24 Å². The number of hydrogen-bond donors (Lipinski definition) is 0. The average molecular weight is 324 g/mol. The summed E-state index contributed by atoms with van der Waals surface area (Å²) in [5, 5.41) is 3.00. The molecule has 0 N–H and O–H groups in total. The lowest BCUT2D eigenvalue weighted by Crippen LogP contribution is -2.49. The Bertz CT molecular complexity index is 882. The second-order valence-corrected chi connectivity index (χ2v) is 8.97. The fourth-order valence-electron chi connectivity index (χ4n) is 4.80. The van der Waals surface area contributed by atoms with Gasteiger partial charge in [-0.1, -0.05) is 13.8 Å². The van der Waals surface area contributed by atoms with Crippen LogP contribution < -0.4 is 4.90 Å². The summed E-state index contributed by atoms with van der Waals surface area (Å²) >= 11 is 0. The smallest absolute Gasteiger partial charge is 0.0446 e. The molecule has 1 aliphatic heterocycles. The van der Waals surface area contributed by atoms with E-state index in [1.54, 1.807) is 5.56 Å². The first-order valence-corrected chi connectivity index (χ1v) is 9.14. The minimum absolute atomic E-state index is 0.0972. The van der Waals surface area contributed by atoms with Gasteiger partial charge in [-0.25, -0.2) is 0 Å². The number of anilines is 1. The van der Waals surface area contributed by atoms with Crippen molar-refractivity contribution in [2.24, 2.45) is 0 Å². The summed E-state index contributed by atoms with van der Waals surface area (Å²) in [6.07, 6.45) is 0. The SMILES string of the molecule is Cc1c(C)c(C)c2c3c(c(C)c(C)c2c1C)N(C)C(C)(C)C3(C)C. The van der Waals surface area contributed by atoms with Gasteiger partial charge in [-0.05, 0) is 105 Å². The molecule has 0 atom stereocenters. The van der Waals surface area contributed by atoms with E-state index in [2.05, 4.69) is 81.2 Å². The minimum Gasteiger partial charge on any atom is -0.368 e. The second kappa shape index (κ2) is 4.77. The summed E-state index contributed by atoms with van der Waals surface area (Å²) in [5.41, 5.74) is 11.9. The van der Waals surface area contributed by atoms with Gasteiger partial charge in [-0.3, -0.25) is 0 Å². The van der Waals surface area contributed by atoms with Crippen molar-refractivity contribution in [1.29, 1.82) is 0 Å². The first kappa shape index (κ1) is 17.3. The highest BCUT2D eigenvalue weighted by Crippen LogP contribution is 2.56. The predicted octanol–water partition coefficient (Wildman–Crippen LogP) is 6.20. The highest BCUT2D eigenvalue weighted by molar-refractivity contribution is 6.02. The molecule has 1 aliphatic rings. The number of benzene rings is 2. The van der Waals surface area contributed by atoms with E-state index >= 15 is 0 Å². The van der Waals surface area contributed by atoms with E-state index in [-0.39, 0.29) is 11.0 Å². The fourth-order valence-corrected chi connectivity index (χ4v) is 4.80. The first-order valence-electron chi connectivity index (χ1n) is 9.14. The molecule has 0 saturated heterocycles. The Labute approximate surface area is 148 Å². The summed E-state index contributed by atoms with van der Waals surface area (Å²) in [6.45, 7) is 23.4. The molecule has 24 heavy (non-hydrogen) atoms. The third kappa shape index (κ3) is 1.71. The third-order valence-corrected chi connectivity index (χ3v) is 7.80. The van der Waals surface area contributed by atoms with Crippen molar-refractivity contribution >= 4 is 16.5 Å². The fraction of sp³-hybridized carbons (Fsp3) is 0.565. The molecular formula is C23H33N.